The van der Waals surface area contributed by atoms with Crippen LogP contribution in [-0.2, 0) is 4.79 Å². The second-order valence-corrected chi connectivity index (χ2v) is 2.39. The predicted octanol–water partition coefficient (Wildman–Crippen LogP) is 2.06. The molecule has 2 nitrogen and oxygen atoms in total. The monoisotopic (exact) mass is 184 g/mol. The number of benzene rings is 1. The minimum Gasteiger partial charge on any atom is -0.505 e. The van der Waals surface area contributed by atoms with Crippen molar-refractivity contribution in [3.8, 4) is 0 Å². The third-order valence-electron chi connectivity index (χ3n) is 1.32. The lowest BCUT2D eigenvalue weighted by Crippen LogP contribution is -1.85. The molecule has 0 saturated carbocycles. The fourth-order valence-corrected chi connectivity index (χ4v) is 0.863. The number of hydrogen-bond donors (Lipinski definition) is 1. The van der Waals surface area contributed by atoms with Crippen molar-refractivity contribution in [2.45, 2.75) is 0 Å². The summed E-state index contributed by atoms with van der Waals surface area (Å²) in [5.41, 5.74) is 0.0992. The summed E-state index contributed by atoms with van der Waals surface area (Å²) in [6.45, 7) is 0. The van der Waals surface area contributed by atoms with E-state index >= 15 is 0 Å². The topological polar surface area (TPSA) is 37.3 Å². The first-order valence-electron chi connectivity index (χ1n) is 3.44. The fraction of sp³-hybridized carbons (Fsp3) is 0. The van der Waals surface area contributed by atoms with Gasteiger partial charge in [0, 0.05) is 6.07 Å². The molecule has 1 aromatic rings. The van der Waals surface area contributed by atoms with Crippen LogP contribution in [0.15, 0.2) is 24.0 Å². The van der Waals surface area contributed by atoms with E-state index in [0.29, 0.717) is 6.07 Å². The molecule has 0 heterocycles. The smallest absolute Gasteiger partial charge is 0.184 e. The molecule has 0 spiro atoms. The van der Waals surface area contributed by atoms with Crippen LogP contribution in [0.3, 0.4) is 0 Å². The standard InChI is InChI=1S/C9H6F2O2/c10-7-1-6(2-8(11)4-7)3-9(13)5-12/h1-5,13H/b9-3-. The molecule has 0 amide bonds. The minimum atomic E-state index is -0.759. The summed E-state index contributed by atoms with van der Waals surface area (Å²) < 4.78 is 25.1. The number of aldehydes is 1. The SMILES string of the molecule is O=C/C(O)=C/c1cc(F)cc(F)c1. The molecule has 0 saturated heterocycles. The quantitative estimate of drug-likeness (QED) is 0.434. The van der Waals surface area contributed by atoms with Gasteiger partial charge in [0.05, 0.1) is 0 Å². The lowest BCUT2D eigenvalue weighted by molar-refractivity contribution is -0.106. The number of carbonyl (C=O) groups is 1. The number of halogens is 2. The van der Waals surface area contributed by atoms with Crippen LogP contribution in [0, 0.1) is 11.6 Å². The molecular formula is C9H6F2O2. The average Bonchev–Trinajstić information content (AvgIpc) is 2.02. The Morgan fingerprint density at radius 2 is 1.77 bits per heavy atom. The first kappa shape index (κ1) is 9.38. The van der Waals surface area contributed by atoms with Crippen molar-refractivity contribution < 1.29 is 18.7 Å². The molecule has 0 aliphatic rings. The van der Waals surface area contributed by atoms with Crippen LogP contribution in [0.1, 0.15) is 5.56 Å². The van der Waals surface area contributed by atoms with Crippen LogP contribution in [0.2, 0.25) is 0 Å². The maximum absolute atomic E-state index is 12.5. The van der Waals surface area contributed by atoms with Gasteiger partial charge in [0.2, 0.25) is 0 Å². The molecule has 68 valence electrons. The van der Waals surface area contributed by atoms with Crippen molar-refractivity contribution in [3.63, 3.8) is 0 Å². The van der Waals surface area contributed by atoms with Crippen molar-refractivity contribution in [1.82, 2.24) is 0 Å². The zero-order valence-electron chi connectivity index (χ0n) is 6.50. The third-order valence-corrected chi connectivity index (χ3v) is 1.32. The zero-order valence-corrected chi connectivity index (χ0v) is 6.50. The van der Waals surface area contributed by atoms with E-state index in [0.717, 1.165) is 18.2 Å². The number of allylic oxidation sites excluding steroid dienone is 1. The van der Waals surface area contributed by atoms with E-state index in [2.05, 4.69) is 0 Å². The Hall–Kier alpha value is -1.71. The summed E-state index contributed by atoms with van der Waals surface area (Å²) >= 11 is 0. The van der Waals surface area contributed by atoms with E-state index in [-0.39, 0.29) is 11.8 Å². The van der Waals surface area contributed by atoms with E-state index in [4.69, 9.17) is 5.11 Å². The minimum absolute atomic E-state index is 0.0992. The maximum Gasteiger partial charge on any atom is 0.184 e. The first-order valence-corrected chi connectivity index (χ1v) is 3.44. The van der Waals surface area contributed by atoms with E-state index < -0.39 is 17.4 Å². The van der Waals surface area contributed by atoms with Crippen molar-refractivity contribution in [2.24, 2.45) is 0 Å². The third kappa shape index (κ3) is 2.66. The molecule has 0 bridgehead atoms. The van der Waals surface area contributed by atoms with Gasteiger partial charge >= 0.3 is 0 Å². The summed E-state index contributed by atoms with van der Waals surface area (Å²) in [5, 5.41) is 8.74. The Kier molecular flexibility index (Phi) is 2.74. The molecule has 0 unspecified atom stereocenters. The van der Waals surface area contributed by atoms with Gasteiger partial charge in [0.1, 0.15) is 11.6 Å². The van der Waals surface area contributed by atoms with E-state index in [1.807, 2.05) is 0 Å². The Labute approximate surface area is 73.1 Å². The van der Waals surface area contributed by atoms with Gasteiger partial charge in [-0.15, -0.1) is 0 Å². The number of aliphatic hydroxyl groups excluding tert-OH is 1. The number of aliphatic hydroxyl groups is 1. The molecule has 13 heavy (non-hydrogen) atoms. The first-order chi connectivity index (χ1) is 6.11. The lowest BCUT2D eigenvalue weighted by Gasteiger charge is -1.95. The predicted molar refractivity (Wildman–Crippen MR) is 43.0 cm³/mol. The van der Waals surface area contributed by atoms with Crippen LogP contribution >= 0.6 is 0 Å². The number of carbonyl (C=O) groups excluding carboxylic acids is 1. The molecular weight excluding hydrogens is 178 g/mol. The molecule has 0 aliphatic heterocycles. The van der Waals surface area contributed by atoms with Gasteiger partial charge in [-0.3, -0.25) is 4.79 Å². The highest BCUT2D eigenvalue weighted by Gasteiger charge is 1.99. The highest BCUT2D eigenvalue weighted by molar-refractivity contribution is 5.78. The summed E-state index contributed by atoms with van der Waals surface area (Å²) in [6, 6.07) is 2.71. The molecule has 1 N–H and O–H groups in total. The molecule has 0 fully saturated rings. The molecule has 0 radical (unpaired) electrons. The fourth-order valence-electron chi connectivity index (χ4n) is 0.863. The lowest BCUT2D eigenvalue weighted by atomic mass is 10.2. The van der Waals surface area contributed by atoms with Gasteiger partial charge in [-0.05, 0) is 23.8 Å². The van der Waals surface area contributed by atoms with Crippen molar-refractivity contribution >= 4 is 12.4 Å². The van der Waals surface area contributed by atoms with Crippen molar-refractivity contribution in [2.75, 3.05) is 0 Å². The Balaban J connectivity index is 3.08. The summed E-state index contributed by atoms with van der Waals surface area (Å²) in [6.07, 6.45) is 1.15. The summed E-state index contributed by atoms with van der Waals surface area (Å²) in [5.74, 6) is -2.10. The van der Waals surface area contributed by atoms with Crippen LogP contribution < -0.4 is 0 Å². The van der Waals surface area contributed by atoms with Gasteiger partial charge in [-0.1, -0.05) is 0 Å². The highest BCUT2D eigenvalue weighted by atomic mass is 19.1. The maximum atomic E-state index is 12.5. The number of hydrogen-bond acceptors (Lipinski definition) is 2. The van der Waals surface area contributed by atoms with E-state index in [1.165, 1.54) is 0 Å². The van der Waals surface area contributed by atoms with E-state index in [1.54, 1.807) is 0 Å². The van der Waals surface area contributed by atoms with Gasteiger partial charge < -0.3 is 5.11 Å². The molecule has 0 aromatic heterocycles. The van der Waals surface area contributed by atoms with Gasteiger partial charge in [-0.25, -0.2) is 8.78 Å². The van der Waals surface area contributed by atoms with Crippen molar-refractivity contribution in [3.05, 3.63) is 41.2 Å². The van der Waals surface area contributed by atoms with Gasteiger partial charge in [0.25, 0.3) is 0 Å². The Morgan fingerprint density at radius 1 is 1.23 bits per heavy atom. The molecule has 0 atom stereocenters. The second-order valence-electron chi connectivity index (χ2n) is 2.39. The van der Waals surface area contributed by atoms with Crippen LogP contribution in [-0.4, -0.2) is 11.4 Å². The molecule has 4 heteroatoms. The highest BCUT2D eigenvalue weighted by Crippen LogP contribution is 2.10. The van der Waals surface area contributed by atoms with Crippen molar-refractivity contribution in [1.29, 1.82) is 0 Å². The van der Waals surface area contributed by atoms with E-state index in [9.17, 15) is 13.6 Å². The second kappa shape index (κ2) is 3.80. The zero-order chi connectivity index (χ0) is 9.84. The Morgan fingerprint density at radius 3 is 2.23 bits per heavy atom. The molecule has 0 aliphatic carbocycles. The Bertz CT molecular complexity index is 338. The largest absolute Gasteiger partial charge is 0.505 e. The van der Waals surface area contributed by atoms with Gasteiger partial charge in [-0.2, -0.15) is 0 Å². The molecule has 1 rings (SSSR count). The normalized spacial score (nSPS) is 11.4. The number of rotatable bonds is 2. The summed E-state index contributed by atoms with van der Waals surface area (Å²) in [7, 11) is 0. The van der Waals surface area contributed by atoms with Crippen LogP contribution in [0.4, 0.5) is 8.78 Å². The average molecular weight is 184 g/mol. The van der Waals surface area contributed by atoms with Crippen LogP contribution in [0.25, 0.3) is 6.08 Å². The molecule has 1 aromatic carbocycles. The van der Waals surface area contributed by atoms with Crippen LogP contribution in [0.5, 0.6) is 0 Å². The summed E-state index contributed by atoms with van der Waals surface area (Å²) in [4.78, 5) is 9.97. The van der Waals surface area contributed by atoms with Gasteiger partial charge in [0.15, 0.2) is 12.0 Å².